The smallest absolute Gasteiger partial charge is 0.325 e. The quantitative estimate of drug-likeness (QED) is 0.850. The summed E-state index contributed by atoms with van der Waals surface area (Å²) in [7, 11) is 0. The molecule has 9 heteroatoms. The summed E-state index contributed by atoms with van der Waals surface area (Å²) in [5.74, 6) is -0.0772. The molecule has 0 radical (unpaired) electrons. The van der Waals surface area contributed by atoms with Crippen molar-refractivity contribution in [2.45, 2.75) is 13.3 Å². The Kier molecular flexibility index (Phi) is 5.65. The summed E-state index contributed by atoms with van der Waals surface area (Å²) in [6.45, 7) is 2.70. The largest absolute Gasteiger partial charge is 0.424 e. The van der Waals surface area contributed by atoms with Gasteiger partial charge < -0.3 is 14.8 Å². The third-order valence-corrected chi connectivity index (χ3v) is 3.96. The van der Waals surface area contributed by atoms with Crippen LogP contribution in [0.25, 0.3) is 0 Å². The van der Waals surface area contributed by atoms with Gasteiger partial charge in [0.2, 0.25) is 5.91 Å². The average molecular weight is 377 g/mol. The first-order valence-corrected chi connectivity index (χ1v) is 8.34. The highest BCUT2D eigenvalue weighted by molar-refractivity contribution is 6.30. The second-order valence-electron chi connectivity index (χ2n) is 5.77. The maximum atomic E-state index is 12.0. The standard InChI is InChI=1S/C17H17ClN4O4/c1-10-6-13(21-16(24)22-15(23)11-4-5-25-9-11)2-3-14(10)26-17-19-7-12(18)8-20-17/h2-3,6-8,11H,4-5,9H2,1H3,(H2,21,22,23,24)/t11-/m1/s1. The maximum Gasteiger partial charge on any atom is 0.325 e. The van der Waals surface area contributed by atoms with E-state index in [9.17, 15) is 9.59 Å². The SMILES string of the molecule is Cc1cc(NC(=O)NC(=O)[C@@H]2CCOC2)ccc1Oc1ncc(Cl)cn1. The minimum Gasteiger partial charge on any atom is -0.424 e. The van der Waals surface area contributed by atoms with Gasteiger partial charge in [0.25, 0.3) is 0 Å². The Balaban J connectivity index is 1.59. The van der Waals surface area contributed by atoms with E-state index in [0.29, 0.717) is 36.1 Å². The van der Waals surface area contributed by atoms with Crippen LogP contribution in [0.2, 0.25) is 5.02 Å². The molecule has 2 aromatic rings. The lowest BCUT2D eigenvalue weighted by molar-refractivity contribution is -0.123. The van der Waals surface area contributed by atoms with E-state index in [2.05, 4.69) is 20.6 Å². The van der Waals surface area contributed by atoms with Gasteiger partial charge in [-0.05, 0) is 37.1 Å². The Morgan fingerprint density at radius 1 is 1.31 bits per heavy atom. The van der Waals surface area contributed by atoms with Crippen molar-refractivity contribution in [2.24, 2.45) is 5.92 Å². The van der Waals surface area contributed by atoms with Crippen molar-refractivity contribution in [3.05, 3.63) is 41.2 Å². The third kappa shape index (κ3) is 4.68. The monoisotopic (exact) mass is 376 g/mol. The Morgan fingerprint density at radius 2 is 2.08 bits per heavy atom. The van der Waals surface area contributed by atoms with Crippen molar-refractivity contribution >= 4 is 29.2 Å². The molecule has 0 bridgehead atoms. The van der Waals surface area contributed by atoms with Gasteiger partial charge in [0.05, 0.1) is 29.9 Å². The second kappa shape index (κ2) is 8.11. The number of urea groups is 1. The molecule has 1 aromatic carbocycles. The van der Waals surface area contributed by atoms with E-state index in [4.69, 9.17) is 21.1 Å². The number of nitrogens with one attached hydrogen (secondary N) is 2. The number of aryl methyl sites for hydroxylation is 1. The lowest BCUT2D eigenvalue weighted by Gasteiger charge is -2.12. The number of carbonyl (C=O) groups excluding carboxylic acids is 2. The number of imide groups is 1. The molecule has 3 amide bonds. The molecule has 2 N–H and O–H groups in total. The minimum absolute atomic E-state index is 0.167. The van der Waals surface area contributed by atoms with Gasteiger partial charge >= 0.3 is 12.0 Å². The van der Waals surface area contributed by atoms with Crippen LogP contribution in [0.5, 0.6) is 11.8 Å². The van der Waals surface area contributed by atoms with Crippen molar-refractivity contribution in [3.8, 4) is 11.8 Å². The molecule has 136 valence electrons. The van der Waals surface area contributed by atoms with Crippen LogP contribution in [0.1, 0.15) is 12.0 Å². The number of nitrogens with zero attached hydrogens (tertiary/aromatic N) is 2. The van der Waals surface area contributed by atoms with Crippen molar-refractivity contribution in [1.82, 2.24) is 15.3 Å². The van der Waals surface area contributed by atoms with Crippen LogP contribution in [0, 0.1) is 12.8 Å². The van der Waals surface area contributed by atoms with Crippen LogP contribution in [0.4, 0.5) is 10.5 Å². The van der Waals surface area contributed by atoms with E-state index in [1.807, 2.05) is 6.92 Å². The summed E-state index contributed by atoms with van der Waals surface area (Å²) < 4.78 is 10.7. The molecule has 1 atom stereocenters. The van der Waals surface area contributed by atoms with E-state index < -0.39 is 6.03 Å². The number of benzene rings is 1. The molecule has 1 saturated heterocycles. The zero-order valence-electron chi connectivity index (χ0n) is 14.0. The maximum absolute atomic E-state index is 12.0. The molecule has 0 spiro atoms. The Hall–Kier alpha value is -2.71. The first-order valence-electron chi connectivity index (χ1n) is 7.97. The number of rotatable bonds is 4. The number of hydrogen-bond acceptors (Lipinski definition) is 6. The molecule has 0 aliphatic carbocycles. The van der Waals surface area contributed by atoms with Crippen molar-refractivity contribution in [1.29, 1.82) is 0 Å². The van der Waals surface area contributed by atoms with Crippen molar-refractivity contribution in [3.63, 3.8) is 0 Å². The van der Waals surface area contributed by atoms with E-state index in [1.54, 1.807) is 18.2 Å². The third-order valence-electron chi connectivity index (χ3n) is 3.77. The summed E-state index contributed by atoms with van der Waals surface area (Å²) in [5, 5.41) is 5.35. The molecule has 0 saturated carbocycles. The zero-order valence-corrected chi connectivity index (χ0v) is 14.7. The van der Waals surface area contributed by atoms with E-state index >= 15 is 0 Å². The molecule has 3 rings (SSSR count). The van der Waals surface area contributed by atoms with Gasteiger partial charge in [0.1, 0.15) is 5.75 Å². The molecular formula is C17H17ClN4O4. The number of amides is 3. The number of hydrogen-bond donors (Lipinski definition) is 2. The fraction of sp³-hybridized carbons (Fsp3) is 0.294. The molecule has 1 fully saturated rings. The number of ether oxygens (including phenoxy) is 2. The van der Waals surface area contributed by atoms with Crippen LogP contribution in [-0.2, 0) is 9.53 Å². The summed E-state index contributed by atoms with van der Waals surface area (Å²) in [6.07, 6.45) is 3.49. The Bertz CT molecular complexity index is 807. The molecule has 1 aliphatic rings. The Morgan fingerprint density at radius 3 is 2.73 bits per heavy atom. The molecule has 8 nitrogen and oxygen atoms in total. The van der Waals surface area contributed by atoms with Crippen LogP contribution in [0.15, 0.2) is 30.6 Å². The van der Waals surface area contributed by atoms with Crippen LogP contribution in [0.3, 0.4) is 0 Å². The van der Waals surface area contributed by atoms with Crippen LogP contribution in [-0.4, -0.2) is 35.1 Å². The molecule has 1 aromatic heterocycles. The summed E-state index contributed by atoms with van der Waals surface area (Å²) in [6, 6.07) is 4.63. The molecule has 0 unspecified atom stereocenters. The van der Waals surface area contributed by atoms with Gasteiger partial charge in [-0.3, -0.25) is 10.1 Å². The van der Waals surface area contributed by atoms with Crippen LogP contribution >= 0.6 is 11.6 Å². The van der Waals surface area contributed by atoms with Gasteiger partial charge in [-0.1, -0.05) is 11.6 Å². The number of aromatic nitrogens is 2. The summed E-state index contributed by atoms with van der Waals surface area (Å²) >= 11 is 5.73. The summed E-state index contributed by atoms with van der Waals surface area (Å²) in [5.41, 5.74) is 1.29. The summed E-state index contributed by atoms with van der Waals surface area (Å²) in [4.78, 5) is 31.8. The lowest BCUT2D eigenvalue weighted by Crippen LogP contribution is -2.38. The fourth-order valence-electron chi connectivity index (χ4n) is 2.41. The molecule has 2 heterocycles. The lowest BCUT2D eigenvalue weighted by atomic mass is 10.1. The van der Waals surface area contributed by atoms with E-state index in [0.717, 1.165) is 5.56 Å². The van der Waals surface area contributed by atoms with Crippen molar-refractivity contribution in [2.75, 3.05) is 18.5 Å². The second-order valence-corrected chi connectivity index (χ2v) is 6.21. The zero-order chi connectivity index (χ0) is 18.5. The number of anilines is 1. The highest BCUT2D eigenvalue weighted by Crippen LogP contribution is 2.25. The van der Waals surface area contributed by atoms with Gasteiger partial charge in [-0.25, -0.2) is 14.8 Å². The first-order chi connectivity index (χ1) is 12.5. The minimum atomic E-state index is -0.587. The van der Waals surface area contributed by atoms with E-state index in [1.165, 1.54) is 12.4 Å². The van der Waals surface area contributed by atoms with Gasteiger partial charge in [-0.2, -0.15) is 0 Å². The topological polar surface area (TPSA) is 102 Å². The first kappa shape index (κ1) is 18.1. The van der Waals surface area contributed by atoms with Gasteiger partial charge in [0, 0.05) is 12.3 Å². The van der Waals surface area contributed by atoms with Gasteiger partial charge in [0.15, 0.2) is 0 Å². The molecule has 1 aliphatic heterocycles. The predicted molar refractivity (Wildman–Crippen MR) is 94.4 cm³/mol. The van der Waals surface area contributed by atoms with Gasteiger partial charge in [-0.15, -0.1) is 0 Å². The Labute approximate surface area is 154 Å². The number of carbonyl (C=O) groups is 2. The predicted octanol–water partition coefficient (Wildman–Crippen LogP) is 2.92. The number of halogens is 1. The van der Waals surface area contributed by atoms with Crippen molar-refractivity contribution < 1.29 is 19.1 Å². The normalized spacial score (nSPS) is 16.2. The molecular weight excluding hydrogens is 360 g/mol. The average Bonchev–Trinajstić information content (AvgIpc) is 3.14. The highest BCUT2D eigenvalue weighted by atomic mass is 35.5. The molecule has 26 heavy (non-hydrogen) atoms. The highest BCUT2D eigenvalue weighted by Gasteiger charge is 2.24. The van der Waals surface area contributed by atoms with Crippen LogP contribution < -0.4 is 15.4 Å². The fourth-order valence-corrected chi connectivity index (χ4v) is 2.51. The van der Waals surface area contributed by atoms with E-state index in [-0.39, 0.29) is 17.8 Å².